The summed E-state index contributed by atoms with van der Waals surface area (Å²) in [6.07, 6.45) is -21.2. The van der Waals surface area contributed by atoms with Crippen LogP contribution in [-0.2, 0) is 76.0 Å². The fourth-order valence-corrected chi connectivity index (χ4v) is 12.3. The van der Waals surface area contributed by atoms with Gasteiger partial charge >= 0.3 is 17.9 Å². The van der Waals surface area contributed by atoms with Crippen LogP contribution in [0.4, 0.5) is 0 Å². The first-order valence-corrected chi connectivity index (χ1v) is 33.3. The van der Waals surface area contributed by atoms with Gasteiger partial charge in [0, 0.05) is 12.8 Å². The number of hydrogen-bond acceptors (Lipinski definition) is 25. The monoisotopic (exact) mass is 1270 g/mol. The highest BCUT2D eigenvalue weighted by Gasteiger charge is 2.59. The van der Waals surface area contributed by atoms with E-state index in [4.69, 9.17) is 61.6 Å². The Hall–Kier alpha value is -2.35. The van der Waals surface area contributed by atoms with Crippen LogP contribution in [0.15, 0.2) is 0 Å². The van der Waals surface area contributed by atoms with Crippen LogP contribution in [0.25, 0.3) is 0 Å². The topological polar surface area (TPSA) is 353 Å². The lowest BCUT2D eigenvalue weighted by Crippen LogP contribution is -2.68. The molecular formula is C63H110O25. The second-order valence-corrected chi connectivity index (χ2v) is 25.4. The van der Waals surface area contributed by atoms with E-state index in [1.54, 1.807) is 13.8 Å². The predicted octanol–water partition coefficient (Wildman–Crippen LogP) is 4.30. The van der Waals surface area contributed by atoms with Gasteiger partial charge in [0.15, 0.2) is 49.8 Å². The van der Waals surface area contributed by atoms with E-state index in [0.717, 1.165) is 96.3 Å². The molecule has 0 amide bonds. The van der Waals surface area contributed by atoms with E-state index in [1.165, 1.54) is 34.1 Å². The summed E-state index contributed by atoms with van der Waals surface area (Å²) >= 11 is 0. The molecule has 6 rings (SSSR count). The van der Waals surface area contributed by atoms with Crippen LogP contribution in [-0.4, -0.2) is 230 Å². The van der Waals surface area contributed by atoms with Crippen molar-refractivity contribution in [2.24, 2.45) is 5.92 Å². The average Bonchev–Trinajstić information content (AvgIpc) is 1.15. The van der Waals surface area contributed by atoms with Crippen LogP contribution >= 0.6 is 0 Å². The molecular weight excluding hydrogens is 1160 g/mol. The lowest BCUT2D eigenvalue weighted by Gasteiger charge is -2.51. The average molecular weight is 1270 g/mol. The summed E-state index contributed by atoms with van der Waals surface area (Å²) in [7, 11) is 0. The largest absolute Gasteiger partial charge is 0.457 e. The summed E-state index contributed by atoms with van der Waals surface area (Å²) in [5.74, 6) is -2.62. The highest BCUT2D eigenvalue weighted by Crippen LogP contribution is 2.40. The second kappa shape index (κ2) is 37.5. The number of rotatable bonds is 25. The van der Waals surface area contributed by atoms with Crippen LogP contribution in [0.5, 0.6) is 0 Å². The smallest absolute Gasteiger partial charge is 0.309 e. The summed E-state index contributed by atoms with van der Waals surface area (Å²) in [5.41, 5.74) is 0. The van der Waals surface area contributed by atoms with Gasteiger partial charge in [-0.05, 0) is 59.8 Å². The maximum absolute atomic E-state index is 14.4. The third-order valence-electron chi connectivity index (χ3n) is 18.2. The third kappa shape index (κ3) is 20.8. The Balaban J connectivity index is 1.36. The van der Waals surface area contributed by atoms with Crippen molar-refractivity contribution in [3.8, 4) is 0 Å². The van der Waals surface area contributed by atoms with Crippen molar-refractivity contribution in [3.05, 3.63) is 0 Å². The van der Waals surface area contributed by atoms with Crippen LogP contribution in [0.2, 0.25) is 0 Å². The van der Waals surface area contributed by atoms with E-state index in [-0.39, 0.29) is 18.9 Å². The van der Waals surface area contributed by atoms with Crippen LogP contribution < -0.4 is 0 Å². The lowest BCUT2D eigenvalue weighted by molar-refractivity contribution is -0.400. The number of unbranched alkanes of at least 4 members (excludes halogenated alkanes) is 10. The Morgan fingerprint density at radius 3 is 1.70 bits per heavy atom. The van der Waals surface area contributed by atoms with Crippen molar-refractivity contribution in [3.63, 3.8) is 0 Å². The van der Waals surface area contributed by atoms with Crippen molar-refractivity contribution < 1.29 is 122 Å². The van der Waals surface area contributed by atoms with Gasteiger partial charge in [-0.1, -0.05) is 137 Å². The molecule has 0 aliphatic carbocycles. The molecule has 0 aromatic heterocycles. The molecule has 0 saturated carbocycles. The number of hydrogen-bond donors (Lipinski definition) is 9. The van der Waals surface area contributed by atoms with Gasteiger partial charge in [-0.15, -0.1) is 0 Å². The van der Waals surface area contributed by atoms with E-state index in [9.17, 15) is 60.3 Å². The maximum atomic E-state index is 14.4. The highest BCUT2D eigenvalue weighted by molar-refractivity contribution is 5.72. The molecule has 0 aromatic carbocycles. The van der Waals surface area contributed by atoms with Crippen molar-refractivity contribution in [1.29, 1.82) is 0 Å². The molecule has 2 bridgehead atoms. The molecule has 25 nitrogen and oxygen atoms in total. The molecule has 0 radical (unpaired) electrons. The molecule has 9 N–H and O–H groups in total. The normalized spacial score (nSPS) is 41.3. The van der Waals surface area contributed by atoms with E-state index >= 15 is 0 Å². The van der Waals surface area contributed by atoms with Crippen LogP contribution in [0.3, 0.4) is 0 Å². The zero-order valence-corrected chi connectivity index (χ0v) is 53.3. The van der Waals surface area contributed by atoms with E-state index in [2.05, 4.69) is 13.8 Å². The fraction of sp³-hybridized carbons (Fsp3) is 0.952. The summed E-state index contributed by atoms with van der Waals surface area (Å²) in [4.78, 5) is 41.3. The first-order chi connectivity index (χ1) is 42.1. The van der Waals surface area contributed by atoms with E-state index < -0.39 is 184 Å². The second-order valence-electron chi connectivity index (χ2n) is 25.4. The number of carbonyl (C=O) groups is 3. The summed E-state index contributed by atoms with van der Waals surface area (Å²) in [6, 6.07) is 0. The molecule has 27 atom stereocenters. The SMILES string of the molecule is CCCCCCCCCCCC(=O)O[C@H]1[C@H](O[C@@H]2[C@H]3OC(=O)CCCCCCCCC[C@H](CCCCC)O[C@@H]4O[C@H](CO)[C@@H](O)[C@H](O)[C@H]4O[C@H](O[C@H]2C)[C@@H]3O)O[C@@H](C)[C@H](O[C@@H]2O[C@@H](C)[C@H](OC(=O)[C@@H](C)CC)[C@@H](O)[C@H]2O)[C@H]1O[C@@H]1O[C@@H](C)[C@H](O)[C@@H](O)[C@H]1O. The van der Waals surface area contributed by atoms with Gasteiger partial charge in [-0.3, -0.25) is 14.4 Å². The zero-order chi connectivity index (χ0) is 64.2. The zero-order valence-electron chi connectivity index (χ0n) is 53.3. The number of carbonyl (C=O) groups excluding carboxylic acids is 3. The number of fused-ring (bicyclic) bond motifs is 3. The molecule has 6 heterocycles. The third-order valence-corrected chi connectivity index (χ3v) is 18.2. The highest BCUT2D eigenvalue weighted by atomic mass is 16.8. The Morgan fingerprint density at radius 1 is 0.489 bits per heavy atom. The minimum absolute atomic E-state index is 0.0485. The number of ether oxygens (including phenoxy) is 13. The Kier molecular flexibility index (Phi) is 31.8. The number of esters is 3. The summed E-state index contributed by atoms with van der Waals surface area (Å²) in [5, 5.41) is 102. The number of aliphatic hydroxyl groups excluding tert-OH is 9. The molecule has 0 unspecified atom stereocenters. The Labute approximate surface area is 519 Å². The predicted molar refractivity (Wildman–Crippen MR) is 312 cm³/mol. The molecule has 0 spiro atoms. The molecule has 512 valence electrons. The van der Waals surface area contributed by atoms with Gasteiger partial charge in [-0.2, -0.15) is 0 Å². The van der Waals surface area contributed by atoms with Gasteiger partial charge < -0.3 is 108 Å². The molecule has 6 aliphatic heterocycles. The van der Waals surface area contributed by atoms with Gasteiger partial charge in [0.2, 0.25) is 0 Å². The molecule has 6 saturated heterocycles. The first-order valence-electron chi connectivity index (χ1n) is 33.3. The van der Waals surface area contributed by atoms with E-state index in [0.29, 0.717) is 38.5 Å². The van der Waals surface area contributed by atoms with Crippen LogP contribution in [0.1, 0.15) is 209 Å². The maximum Gasteiger partial charge on any atom is 0.309 e. The first kappa shape index (κ1) is 74.7. The van der Waals surface area contributed by atoms with Crippen molar-refractivity contribution >= 4 is 17.9 Å². The van der Waals surface area contributed by atoms with Gasteiger partial charge in [0.25, 0.3) is 0 Å². The lowest BCUT2D eigenvalue weighted by atomic mass is 9.95. The number of aliphatic hydroxyl groups is 9. The standard InChI is InChI=1S/C63H110O25/c1-9-12-14-15-16-17-20-23-28-32-42(66)83-57-56(88-59-48(72)45(69)43(67)35(5)76-59)53(85-60-49(73)47(71)51(36(6)77-60)84-58(75)34(4)11-3)38(8)79-63(57)86-52-37(7)78-61-50(74)54(52)82-41(65)31-27-24-21-18-19-22-26-30-39(29-25-13-10-2)80-62-55(87-61)46(70)44(68)40(33-64)81-62/h34-40,43-57,59-64,67-74H,9-33H2,1-8H3/t34-,35-,36-,37-,38-,39-,40+,43-,44+,45+,46-,47-,48+,49+,50+,51-,52-,53-,54-,55+,56+,57+,59-,60-,61-,62+,63-/m0/s1. The fourth-order valence-electron chi connectivity index (χ4n) is 12.3. The van der Waals surface area contributed by atoms with Crippen molar-refractivity contribution in [1.82, 2.24) is 0 Å². The molecule has 6 fully saturated rings. The van der Waals surface area contributed by atoms with E-state index in [1.807, 2.05) is 0 Å². The Bertz CT molecular complexity index is 2010. The molecule has 6 aliphatic rings. The summed E-state index contributed by atoms with van der Waals surface area (Å²) < 4.78 is 82.2. The minimum atomic E-state index is -1.92. The minimum Gasteiger partial charge on any atom is -0.457 e. The summed E-state index contributed by atoms with van der Waals surface area (Å²) in [6.45, 7) is 13.0. The molecule has 88 heavy (non-hydrogen) atoms. The van der Waals surface area contributed by atoms with Crippen molar-refractivity contribution in [2.45, 2.75) is 369 Å². The quantitative estimate of drug-likeness (QED) is 0.0349. The Morgan fingerprint density at radius 2 is 1.05 bits per heavy atom. The van der Waals surface area contributed by atoms with Crippen LogP contribution in [0, 0.1) is 5.92 Å². The van der Waals surface area contributed by atoms with Gasteiger partial charge in [-0.25, -0.2) is 0 Å². The van der Waals surface area contributed by atoms with Gasteiger partial charge in [0.05, 0.1) is 43.0 Å². The molecule has 25 heteroatoms. The molecule has 0 aromatic rings. The van der Waals surface area contributed by atoms with Gasteiger partial charge in [0.1, 0.15) is 79.4 Å². The van der Waals surface area contributed by atoms with Crippen molar-refractivity contribution in [2.75, 3.05) is 6.61 Å².